The van der Waals surface area contributed by atoms with Crippen LogP contribution in [-0.4, -0.2) is 5.71 Å². The molecule has 0 saturated carbocycles. The first-order chi connectivity index (χ1) is 25.2. The van der Waals surface area contributed by atoms with Crippen molar-refractivity contribution in [3.63, 3.8) is 0 Å². The quantitative estimate of drug-likeness (QED) is 0.175. The molecule has 0 saturated heterocycles. The zero-order chi connectivity index (χ0) is 33.9. The molecule has 238 valence electrons. The van der Waals surface area contributed by atoms with E-state index < -0.39 is 0 Å². The molecule has 0 spiro atoms. The van der Waals surface area contributed by atoms with Crippen molar-refractivity contribution in [2.75, 3.05) is 4.90 Å². The molecule has 0 aromatic heterocycles. The Bertz CT molecular complexity index is 2600. The number of nitriles is 1. The SMILES string of the molecule is N#Cc1cc2c3c(c1)[N+](c1ccc(-c4ccccc4)cc1)=C1C=Cc4cccc(c4C1S3)-c1ccccc1N2c1ccc(-c2ccccc2)cc1. The molecule has 0 N–H and O–H groups in total. The molecule has 1 aliphatic carbocycles. The van der Waals surface area contributed by atoms with Crippen LogP contribution >= 0.6 is 11.8 Å². The summed E-state index contributed by atoms with van der Waals surface area (Å²) >= 11 is 1.89. The Morgan fingerprint density at radius 1 is 0.569 bits per heavy atom. The molecule has 1 unspecified atom stereocenters. The Hall–Kier alpha value is -6.41. The van der Waals surface area contributed by atoms with Crippen LogP contribution in [0.3, 0.4) is 0 Å². The molecule has 3 nitrogen and oxygen atoms in total. The molecule has 3 aliphatic rings. The monoisotopic (exact) mass is 668 g/mol. The van der Waals surface area contributed by atoms with Gasteiger partial charge in [0, 0.05) is 35.5 Å². The summed E-state index contributed by atoms with van der Waals surface area (Å²) in [6.45, 7) is 0. The number of benzene rings is 7. The lowest BCUT2D eigenvalue weighted by molar-refractivity contribution is 0.997. The van der Waals surface area contributed by atoms with Crippen LogP contribution in [0.25, 0.3) is 39.5 Å². The van der Waals surface area contributed by atoms with Gasteiger partial charge in [-0.15, -0.1) is 0 Å². The van der Waals surface area contributed by atoms with Gasteiger partial charge in [-0.2, -0.15) is 9.84 Å². The Morgan fingerprint density at radius 2 is 1.20 bits per heavy atom. The van der Waals surface area contributed by atoms with E-state index in [0.717, 1.165) is 38.9 Å². The van der Waals surface area contributed by atoms with Gasteiger partial charge in [-0.25, -0.2) is 0 Å². The second-order valence-electron chi connectivity index (χ2n) is 13.0. The molecule has 51 heavy (non-hydrogen) atoms. The number of allylic oxidation sites excluding steroid dienone is 1. The third-order valence-corrected chi connectivity index (χ3v) is 11.5. The largest absolute Gasteiger partial charge is 0.308 e. The van der Waals surface area contributed by atoms with E-state index in [0.29, 0.717) is 5.56 Å². The molecule has 1 atom stereocenters. The lowest BCUT2D eigenvalue weighted by Gasteiger charge is -2.31. The zero-order valence-corrected chi connectivity index (χ0v) is 28.4. The highest BCUT2D eigenvalue weighted by Gasteiger charge is 2.43. The van der Waals surface area contributed by atoms with Gasteiger partial charge in [-0.1, -0.05) is 121 Å². The van der Waals surface area contributed by atoms with Crippen LogP contribution in [0, 0.1) is 11.3 Å². The normalized spacial score (nSPS) is 15.0. The van der Waals surface area contributed by atoms with Crippen LogP contribution in [-0.2, 0) is 0 Å². The number of anilines is 3. The Kier molecular flexibility index (Phi) is 6.87. The maximum absolute atomic E-state index is 10.5. The van der Waals surface area contributed by atoms with Crippen molar-refractivity contribution in [2.45, 2.75) is 10.1 Å². The summed E-state index contributed by atoms with van der Waals surface area (Å²) in [5.41, 5.74) is 16.7. The van der Waals surface area contributed by atoms with Crippen LogP contribution in [0.1, 0.15) is 21.9 Å². The number of thioether (sulfide) groups is 1. The van der Waals surface area contributed by atoms with E-state index in [1.54, 1.807) is 0 Å². The molecule has 2 aliphatic heterocycles. The van der Waals surface area contributed by atoms with E-state index in [1.165, 1.54) is 44.7 Å². The average Bonchev–Trinajstić information content (AvgIpc) is 3.25. The van der Waals surface area contributed by atoms with Crippen LogP contribution < -0.4 is 9.48 Å². The lowest BCUT2D eigenvalue weighted by atomic mass is 9.87. The maximum Gasteiger partial charge on any atom is 0.228 e. The first kappa shape index (κ1) is 29.5. The standard InChI is InChI=1S/C47H30N3S/c48-30-31-28-43-46-44(29-31)50(38-25-20-35(21-26-38)33-12-5-2-6-13-33)42-27-22-36-14-9-16-40(45(36)47(42)51-46)39-15-7-8-17-41(39)49(43)37-23-18-34(19-24-37)32-10-3-1-4-11-32/h1-29,47H/q+1. The van der Waals surface area contributed by atoms with Gasteiger partial charge in [0.05, 0.1) is 23.0 Å². The van der Waals surface area contributed by atoms with Gasteiger partial charge in [0.1, 0.15) is 10.1 Å². The second kappa shape index (κ2) is 11.9. The van der Waals surface area contributed by atoms with E-state index in [4.69, 9.17) is 0 Å². The average molecular weight is 669 g/mol. The van der Waals surface area contributed by atoms with Gasteiger partial charge in [-0.05, 0) is 81.4 Å². The second-order valence-corrected chi connectivity index (χ2v) is 14.1. The number of fused-ring (bicyclic) bond motifs is 2. The van der Waals surface area contributed by atoms with E-state index in [2.05, 4.69) is 185 Å². The summed E-state index contributed by atoms with van der Waals surface area (Å²) in [5.74, 6) is 0. The fraction of sp³-hybridized carbons (Fsp3) is 0.0213. The summed E-state index contributed by atoms with van der Waals surface area (Å²) in [7, 11) is 0. The first-order valence-corrected chi connectivity index (χ1v) is 18.1. The molecule has 10 rings (SSSR count). The number of hydrogen-bond acceptors (Lipinski definition) is 3. The number of para-hydroxylation sites is 1. The molecule has 6 bridgehead atoms. The summed E-state index contributed by atoms with van der Waals surface area (Å²) in [5, 5.41) is 10.6. The van der Waals surface area contributed by atoms with Crippen molar-refractivity contribution in [3.05, 3.63) is 187 Å². The zero-order valence-electron chi connectivity index (χ0n) is 27.6. The molecule has 4 heteroatoms. The van der Waals surface area contributed by atoms with Gasteiger partial charge in [0.25, 0.3) is 0 Å². The Morgan fingerprint density at radius 3 is 1.90 bits per heavy atom. The Labute approximate surface area is 301 Å². The molecule has 7 aromatic carbocycles. The molecule has 7 aromatic rings. The van der Waals surface area contributed by atoms with E-state index in [9.17, 15) is 5.26 Å². The van der Waals surface area contributed by atoms with Crippen molar-refractivity contribution in [3.8, 4) is 39.4 Å². The van der Waals surface area contributed by atoms with Crippen LogP contribution in [0.2, 0.25) is 0 Å². The fourth-order valence-electron chi connectivity index (χ4n) is 7.81. The van der Waals surface area contributed by atoms with Gasteiger partial charge in [0.15, 0.2) is 0 Å². The highest BCUT2D eigenvalue weighted by Crippen LogP contribution is 2.58. The highest BCUT2D eigenvalue weighted by atomic mass is 32.2. The predicted molar refractivity (Wildman–Crippen MR) is 213 cm³/mol. The summed E-state index contributed by atoms with van der Waals surface area (Å²) in [6.07, 6.45) is 4.54. The first-order valence-electron chi connectivity index (χ1n) is 17.2. The predicted octanol–water partition coefficient (Wildman–Crippen LogP) is 12.5. The minimum atomic E-state index is 0.0441. The minimum absolute atomic E-state index is 0.0441. The van der Waals surface area contributed by atoms with Crippen LogP contribution in [0.5, 0.6) is 0 Å². The Balaban J connectivity index is 1.26. The van der Waals surface area contributed by atoms with E-state index in [-0.39, 0.29) is 5.25 Å². The van der Waals surface area contributed by atoms with Gasteiger partial charge >= 0.3 is 0 Å². The number of rotatable bonds is 4. The summed E-state index contributed by atoms with van der Waals surface area (Å²) in [4.78, 5) is 3.51. The molecule has 2 heterocycles. The molecular weight excluding hydrogens is 639 g/mol. The topological polar surface area (TPSA) is 30.0 Å². The van der Waals surface area contributed by atoms with Crippen molar-refractivity contribution in [1.29, 1.82) is 5.26 Å². The van der Waals surface area contributed by atoms with E-state index >= 15 is 0 Å². The summed E-state index contributed by atoms with van der Waals surface area (Å²) in [6, 6.07) is 60.7. The van der Waals surface area contributed by atoms with Gasteiger partial charge in [-0.3, -0.25) is 0 Å². The van der Waals surface area contributed by atoms with Crippen molar-refractivity contribution < 1.29 is 0 Å². The molecule has 0 fully saturated rings. The highest BCUT2D eigenvalue weighted by molar-refractivity contribution is 8.00. The molecule has 0 radical (unpaired) electrons. The maximum atomic E-state index is 10.5. The third-order valence-electron chi connectivity index (χ3n) is 10.2. The van der Waals surface area contributed by atoms with Gasteiger partial charge in [0.2, 0.25) is 17.1 Å². The fourth-order valence-corrected chi connectivity index (χ4v) is 9.27. The summed E-state index contributed by atoms with van der Waals surface area (Å²) < 4.78 is 2.39. The minimum Gasteiger partial charge on any atom is -0.308 e. The van der Waals surface area contributed by atoms with Crippen LogP contribution in [0.4, 0.5) is 28.4 Å². The van der Waals surface area contributed by atoms with Crippen molar-refractivity contribution in [2.24, 2.45) is 0 Å². The number of nitrogens with zero attached hydrogens (tertiary/aromatic N) is 3. The lowest BCUT2D eigenvalue weighted by Crippen LogP contribution is -2.27. The molecule has 0 amide bonds. The molecular formula is C47H30N3S+. The smallest absolute Gasteiger partial charge is 0.228 e. The van der Waals surface area contributed by atoms with Gasteiger partial charge < -0.3 is 4.90 Å². The number of hydrogen-bond donors (Lipinski definition) is 0. The van der Waals surface area contributed by atoms with E-state index in [1.807, 2.05) is 17.8 Å². The van der Waals surface area contributed by atoms with Crippen LogP contribution in [0.15, 0.2) is 175 Å². The third kappa shape index (κ3) is 4.78. The van der Waals surface area contributed by atoms with Crippen molar-refractivity contribution in [1.82, 2.24) is 4.58 Å². The van der Waals surface area contributed by atoms with Crippen molar-refractivity contribution >= 4 is 52.0 Å².